The highest BCUT2D eigenvalue weighted by Crippen LogP contribution is 2.34. The second-order valence-corrected chi connectivity index (χ2v) is 10.00. The van der Waals surface area contributed by atoms with Crippen molar-refractivity contribution in [2.45, 2.75) is 95.2 Å². The van der Waals surface area contributed by atoms with Crippen LogP contribution in [0.25, 0.3) is 0 Å². The summed E-state index contributed by atoms with van der Waals surface area (Å²) in [6.45, 7) is 12.2. The first-order valence-electron chi connectivity index (χ1n) is 13.1. The highest BCUT2D eigenvalue weighted by Gasteiger charge is 2.41. The first-order chi connectivity index (χ1) is 17.8. The molecule has 1 heterocycles. The molecule has 6 nitrogen and oxygen atoms in total. The summed E-state index contributed by atoms with van der Waals surface area (Å²) in [5.41, 5.74) is 2.08. The quantitative estimate of drug-likeness (QED) is 0.297. The summed E-state index contributed by atoms with van der Waals surface area (Å²) in [4.78, 5) is 0. The molecular weight excluding hydrogens is 468 g/mol. The fourth-order valence-corrected chi connectivity index (χ4v) is 4.60. The van der Waals surface area contributed by atoms with Gasteiger partial charge in [-0.15, -0.1) is 13.2 Å². The topological polar surface area (TPSA) is 77.4 Å². The Kier molecular flexibility index (Phi) is 11.5. The van der Waals surface area contributed by atoms with Gasteiger partial charge in [-0.05, 0) is 50.7 Å². The van der Waals surface area contributed by atoms with Gasteiger partial charge in [-0.1, -0.05) is 72.8 Å². The average Bonchev–Trinajstić information content (AvgIpc) is 3.21. The smallest absolute Gasteiger partial charge is 0.163 e. The van der Waals surface area contributed by atoms with Gasteiger partial charge in [-0.3, -0.25) is 0 Å². The van der Waals surface area contributed by atoms with Crippen LogP contribution < -0.4 is 0 Å². The largest absolute Gasteiger partial charge is 0.390 e. The van der Waals surface area contributed by atoms with Crippen molar-refractivity contribution < 1.29 is 29.2 Å². The number of rotatable bonds is 16. The molecule has 1 saturated heterocycles. The van der Waals surface area contributed by atoms with E-state index in [0.29, 0.717) is 38.9 Å². The van der Waals surface area contributed by atoms with Crippen LogP contribution in [-0.2, 0) is 32.2 Å². The molecule has 3 rings (SSSR count). The number of hydrogen-bond acceptors (Lipinski definition) is 6. The van der Waals surface area contributed by atoms with Gasteiger partial charge in [0, 0.05) is 0 Å². The standard InChI is InChI=1S/C31H42O6/c1-5-27(34-21-23-13-9-7-10-14-23)25(32)17-19-29-30(37-31(3,4)36-29)20-18-26(33)28(6-2)35-22-24-15-11-8-12-16-24/h5-16,25-30,32-33H,1-2,17-22H2,3-4H3/t25-,26-,27+,28+,29+,30+/m0/s1. The third kappa shape index (κ3) is 9.49. The maximum absolute atomic E-state index is 10.8. The molecule has 202 valence electrons. The molecule has 2 aromatic carbocycles. The minimum absolute atomic E-state index is 0.205. The molecule has 0 spiro atoms. The predicted octanol–water partition coefficient (Wildman–Crippen LogP) is 5.33. The zero-order valence-corrected chi connectivity index (χ0v) is 22.1. The lowest BCUT2D eigenvalue weighted by atomic mass is 9.97. The van der Waals surface area contributed by atoms with E-state index in [9.17, 15) is 10.2 Å². The van der Waals surface area contributed by atoms with Crippen molar-refractivity contribution in [2.24, 2.45) is 0 Å². The van der Waals surface area contributed by atoms with Gasteiger partial charge < -0.3 is 29.2 Å². The molecule has 0 saturated carbocycles. The Labute approximate surface area is 221 Å². The number of aliphatic hydroxyl groups is 2. The molecule has 0 unspecified atom stereocenters. The van der Waals surface area contributed by atoms with Crippen molar-refractivity contribution in [1.29, 1.82) is 0 Å². The highest BCUT2D eigenvalue weighted by molar-refractivity contribution is 5.14. The van der Waals surface area contributed by atoms with Crippen molar-refractivity contribution in [2.75, 3.05) is 0 Å². The van der Waals surface area contributed by atoms with E-state index in [-0.39, 0.29) is 12.2 Å². The van der Waals surface area contributed by atoms with Gasteiger partial charge in [-0.25, -0.2) is 0 Å². The Hall–Kier alpha value is -2.32. The molecule has 0 aliphatic carbocycles. The lowest BCUT2D eigenvalue weighted by molar-refractivity contribution is -0.148. The van der Waals surface area contributed by atoms with E-state index in [0.717, 1.165) is 11.1 Å². The number of hydrogen-bond donors (Lipinski definition) is 2. The summed E-state index contributed by atoms with van der Waals surface area (Å²) in [6, 6.07) is 19.7. The van der Waals surface area contributed by atoms with Gasteiger partial charge in [0.2, 0.25) is 0 Å². The third-order valence-electron chi connectivity index (χ3n) is 6.57. The van der Waals surface area contributed by atoms with E-state index in [1.54, 1.807) is 12.2 Å². The van der Waals surface area contributed by atoms with Gasteiger partial charge in [0.25, 0.3) is 0 Å². The van der Waals surface area contributed by atoms with Crippen LogP contribution in [0.3, 0.4) is 0 Å². The summed E-state index contributed by atoms with van der Waals surface area (Å²) in [5.74, 6) is -0.728. The van der Waals surface area contributed by atoms with E-state index in [1.165, 1.54) is 0 Å². The van der Waals surface area contributed by atoms with E-state index >= 15 is 0 Å². The summed E-state index contributed by atoms with van der Waals surface area (Å²) < 4.78 is 24.1. The first-order valence-corrected chi connectivity index (χ1v) is 13.1. The molecule has 2 N–H and O–H groups in total. The maximum Gasteiger partial charge on any atom is 0.163 e. The number of benzene rings is 2. The van der Waals surface area contributed by atoms with Crippen LogP contribution in [0.5, 0.6) is 0 Å². The van der Waals surface area contributed by atoms with E-state index < -0.39 is 30.2 Å². The van der Waals surface area contributed by atoms with Crippen molar-refractivity contribution in [3.63, 3.8) is 0 Å². The Morgan fingerprint density at radius 1 is 0.757 bits per heavy atom. The number of ether oxygens (including phenoxy) is 4. The normalized spacial score (nSPS) is 22.2. The zero-order chi connectivity index (χ0) is 26.7. The van der Waals surface area contributed by atoms with E-state index in [2.05, 4.69) is 13.2 Å². The van der Waals surface area contributed by atoms with Gasteiger partial charge in [-0.2, -0.15) is 0 Å². The molecule has 0 bridgehead atoms. The van der Waals surface area contributed by atoms with Crippen molar-refractivity contribution in [1.82, 2.24) is 0 Å². The van der Waals surface area contributed by atoms with Crippen LogP contribution >= 0.6 is 0 Å². The number of aliphatic hydroxyl groups excluding tert-OH is 2. The Bertz CT molecular complexity index is 856. The van der Waals surface area contributed by atoms with Gasteiger partial charge in [0.05, 0.1) is 37.6 Å². The maximum atomic E-state index is 10.8. The fraction of sp³-hybridized carbons (Fsp3) is 0.484. The second-order valence-electron chi connectivity index (χ2n) is 10.00. The van der Waals surface area contributed by atoms with Crippen LogP contribution in [-0.4, -0.2) is 52.6 Å². The average molecular weight is 511 g/mol. The minimum atomic E-state index is -0.728. The highest BCUT2D eigenvalue weighted by atomic mass is 16.7. The summed E-state index contributed by atoms with van der Waals surface area (Å²) in [7, 11) is 0. The van der Waals surface area contributed by atoms with E-state index in [1.807, 2.05) is 74.5 Å². The molecular formula is C31H42O6. The molecule has 0 amide bonds. The lowest BCUT2D eigenvalue weighted by Crippen LogP contribution is -2.32. The van der Waals surface area contributed by atoms with Crippen LogP contribution in [0.15, 0.2) is 86.0 Å². The molecule has 0 radical (unpaired) electrons. The fourth-order valence-electron chi connectivity index (χ4n) is 4.60. The lowest BCUT2D eigenvalue weighted by Gasteiger charge is -2.24. The predicted molar refractivity (Wildman–Crippen MR) is 145 cm³/mol. The molecule has 6 atom stereocenters. The van der Waals surface area contributed by atoms with Crippen LogP contribution in [0.2, 0.25) is 0 Å². The summed E-state index contributed by atoms with van der Waals surface area (Å²) in [5, 5.41) is 21.6. The van der Waals surface area contributed by atoms with Crippen LogP contribution in [0, 0.1) is 0 Å². The Morgan fingerprint density at radius 2 is 1.14 bits per heavy atom. The minimum Gasteiger partial charge on any atom is -0.390 e. The van der Waals surface area contributed by atoms with E-state index in [4.69, 9.17) is 18.9 Å². The Morgan fingerprint density at radius 3 is 1.49 bits per heavy atom. The second kappa shape index (κ2) is 14.6. The van der Waals surface area contributed by atoms with Crippen molar-refractivity contribution >= 4 is 0 Å². The molecule has 1 fully saturated rings. The summed E-state index contributed by atoms with van der Waals surface area (Å²) >= 11 is 0. The SMILES string of the molecule is C=C[C@@H](OCc1ccccc1)[C@@H](O)CC[C@H]1OC(C)(C)O[C@@H]1CC[C@H](O)[C@@H](C=C)OCc1ccccc1. The van der Waals surface area contributed by atoms with Crippen molar-refractivity contribution in [3.05, 3.63) is 97.1 Å². The van der Waals surface area contributed by atoms with Crippen LogP contribution in [0.1, 0.15) is 50.7 Å². The van der Waals surface area contributed by atoms with Crippen LogP contribution in [0.4, 0.5) is 0 Å². The van der Waals surface area contributed by atoms with Gasteiger partial charge in [0.15, 0.2) is 5.79 Å². The molecule has 0 aromatic heterocycles. The van der Waals surface area contributed by atoms with Gasteiger partial charge in [0.1, 0.15) is 12.2 Å². The zero-order valence-electron chi connectivity index (χ0n) is 22.1. The van der Waals surface area contributed by atoms with Gasteiger partial charge >= 0.3 is 0 Å². The molecule has 37 heavy (non-hydrogen) atoms. The third-order valence-corrected chi connectivity index (χ3v) is 6.57. The Balaban J connectivity index is 1.47. The monoisotopic (exact) mass is 510 g/mol. The molecule has 6 heteroatoms. The summed E-state index contributed by atoms with van der Waals surface area (Å²) in [6.07, 6.45) is 2.63. The molecule has 1 aliphatic heterocycles. The molecule has 1 aliphatic rings. The first kappa shape index (κ1) is 29.2. The van der Waals surface area contributed by atoms with Crippen molar-refractivity contribution in [3.8, 4) is 0 Å². The molecule has 2 aromatic rings.